The maximum absolute atomic E-state index is 3.79. The predicted octanol–water partition coefficient (Wildman–Crippen LogP) is 3.81. The summed E-state index contributed by atoms with van der Waals surface area (Å²) in [5.41, 5.74) is 0. The van der Waals surface area contributed by atoms with Crippen LogP contribution in [-0.2, 0) is 0 Å². The van der Waals surface area contributed by atoms with E-state index in [9.17, 15) is 0 Å². The maximum Gasteiger partial charge on any atom is 0.0112 e. The zero-order chi connectivity index (χ0) is 13.4. The number of rotatable bonds is 6. The molecule has 0 spiro atoms. The van der Waals surface area contributed by atoms with E-state index < -0.39 is 0 Å². The van der Waals surface area contributed by atoms with Crippen molar-refractivity contribution >= 4 is 0 Å². The Hall–Kier alpha value is -0.0800. The normalized spacial score (nSPS) is 19.5. The molecule has 0 heterocycles. The van der Waals surface area contributed by atoms with Crippen molar-refractivity contribution in [2.24, 2.45) is 0 Å². The Kier molecular flexibility index (Phi) is 7.92. The highest BCUT2D eigenvalue weighted by atomic mass is 15.2. The first-order valence-electron chi connectivity index (χ1n) is 8.10. The number of hydrogen-bond donors (Lipinski definition) is 1. The SMILES string of the molecule is CC(C)N(CCNC1CCCCCCC1)C(C)C. The molecule has 0 bridgehead atoms. The van der Waals surface area contributed by atoms with Crippen LogP contribution in [-0.4, -0.2) is 36.1 Å². The van der Waals surface area contributed by atoms with Crippen LogP contribution in [0.2, 0.25) is 0 Å². The largest absolute Gasteiger partial charge is 0.313 e. The van der Waals surface area contributed by atoms with Gasteiger partial charge in [-0.1, -0.05) is 32.1 Å². The molecule has 0 aromatic heterocycles. The third kappa shape index (κ3) is 6.19. The van der Waals surface area contributed by atoms with Crippen LogP contribution in [0.15, 0.2) is 0 Å². The van der Waals surface area contributed by atoms with Crippen LogP contribution >= 0.6 is 0 Å². The summed E-state index contributed by atoms with van der Waals surface area (Å²) >= 11 is 0. The van der Waals surface area contributed by atoms with Crippen molar-refractivity contribution in [3.05, 3.63) is 0 Å². The molecule has 2 heteroatoms. The molecule has 2 nitrogen and oxygen atoms in total. The number of nitrogens with zero attached hydrogens (tertiary/aromatic N) is 1. The highest BCUT2D eigenvalue weighted by molar-refractivity contribution is 4.73. The third-order valence-electron chi connectivity index (χ3n) is 4.23. The molecule has 0 aromatic carbocycles. The minimum absolute atomic E-state index is 0.657. The second-order valence-corrected chi connectivity index (χ2v) is 6.42. The molecule has 0 unspecified atom stereocenters. The van der Waals surface area contributed by atoms with Gasteiger partial charge in [-0.05, 0) is 40.5 Å². The van der Waals surface area contributed by atoms with Gasteiger partial charge >= 0.3 is 0 Å². The summed E-state index contributed by atoms with van der Waals surface area (Å²) < 4.78 is 0. The topological polar surface area (TPSA) is 15.3 Å². The van der Waals surface area contributed by atoms with E-state index in [0.29, 0.717) is 12.1 Å². The number of nitrogens with one attached hydrogen (secondary N) is 1. The van der Waals surface area contributed by atoms with Crippen LogP contribution in [0.3, 0.4) is 0 Å². The van der Waals surface area contributed by atoms with E-state index in [4.69, 9.17) is 0 Å². The maximum atomic E-state index is 3.79. The third-order valence-corrected chi connectivity index (χ3v) is 4.23. The van der Waals surface area contributed by atoms with Gasteiger partial charge in [0.2, 0.25) is 0 Å². The molecule has 1 aliphatic rings. The van der Waals surface area contributed by atoms with E-state index in [1.54, 1.807) is 0 Å². The van der Waals surface area contributed by atoms with Crippen LogP contribution in [0.1, 0.15) is 72.6 Å². The summed E-state index contributed by atoms with van der Waals surface area (Å²) in [6, 6.07) is 2.10. The minimum Gasteiger partial charge on any atom is -0.313 e. The molecule has 0 aliphatic heterocycles. The lowest BCUT2D eigenvalue weighted by Crippen LogP contribution is -2.43. The van der Waals surface area contributed by atoms with E-state index in [-0.39, 0.29) is 0 Å². The molecule has 0 amide bonds. The van der Waals surface area contributed by atoms with E-state index >= 15 is 0 Å². The van der Waals surface area contributed by atoms with Gasteiger partial charge in [-0.25, -0.2) is 0 Å². The molecule has 0 saturated heterocycles. The smallest absolute Gasteiger partial charge is 0.0112 e. The summed E-state index contributed by atoms with van der Waals surface area (Å²) in [7, 11) is 0. The molecule has 1 rings (SSSR count). The molecular weight excluding hydrogens is 220 g/mol. The Morgan fingerprint density at radius 2 is 1.39 bits per heavy atom. The van der Waals surface area contributed by atoms with Crippen LogP contribution in [0.4, 0.5) is 0 Å². The van der Waals surface area contributed by atoms with Crippen LogP contribution in [0.25, 0.3) is 0 Å². The van der Waals surface area contributed by atoms with Crippen LogP contribution in [0, 0.1) is 0 Å². The first-order valence-corrected chi connectivity index (χ1v) is 8.10. The first kappa shape index (κ1) is 16.0. The molecule has 1 aliphatic carbocycles. The lowest BCUT2D eigenvalue weighted by molar-refractivity contribution is 0.172. The average molecular weight is 254 g/mol. The summed E-state index contributed by atoms with van der Waals surface area (Å²) in [6.07, 6.45) is 9.99. The van der Waals surface area contributed by atoms with Crippen molar-refractivity contribution in [2.45, 2.75) is 90.8 Å². The van der Waals surface area contributed by atoms with Gasteiger partial charge in [0.25, 0.3) is 0 Å². The molecule has 108 valence electrons. The van der Waals surface area contributed by atoms with Crippen LogP contribution in [0.5, 0.6) is 0 Å². The lowest BCUT2D eigenvalue weighted by atomic mass is 9.97. The predicted molar refractivity (Wildman–Crippen MR) is 81.1 cm³/mol. The van der Waals surface area contributed by atoms with E-state index in [2.05, 4.69) is 37.9 Å². The van der Waals surface area contributed by atoms with E-state index in [1.165, 1.54) is 51.5 Å². The quantitative estimate of drug-likeness (QED) is 0.775. The van der Waals surface area contributed by atoms with Crippen molar-refractivity contribution in [2.75, 3.05) is 13.1 Å². The molecular formula is C16H34N2. The molecule has 0 atom stereocenters. The van der Waals surface area contributed by atoms with Gasteiger partial charge in [-0.2, -0.15) is 0 Å². The standard InChI is InChI=1S/C16H34N2/c1-14(2)18(15(3)4)13-12-17-16-10-8-6-5-7-9-11-16/h14-17H,5-13H2,1-4H3. The van der Waals surface area contributed by atoms with Gasteiger partial charge < -0.3 is 5.32 Å². The molecule has 18 heavy (non-hydrogen) atoms. The Balaban J connectivity index is 2.21. The molecule has 0 radical (unpaired) electrons. The molecule has 1 saturated carbocycles. The summed E-state index contributed by atoms with van der Waals surface area (Å²) in [5.74, 6) is 0. The average Bonchev–Trinajstić information content (AvgIpc) is 2.25. The Morgan fingerprint density at radius 3 is 1.89 bits per heavy atom. The lowest BCUT2D eigenvalue weighted by Gasteiger charge is -2.31. The Bertz CT molecular complexity index is 185. The molecule has 1 fully saturated rings. The van der Waals surface area contributed by atoms with Gasteiger partial charge in [-0.3, -0.25) is 4.90 Å². The molecule has 1 N–H and O–H groups in total. The van der Waals surface area contributed by atoms with Gasteiger partial charge in [0.1, 0.15) is 0 Å². The van der Waals surface area contributed by atoms with Gasteiger partial charge in [0.05, 0.1) is 0 Å². The van der Waals surface area contributed by atoms with Crippen molar-refractivity contribution in [1.82, 2.24) is 10.2 Å². The van der Waals surface area contributed by atoms with Crippen molar-refractivity contribution in [3.8, 4) is 0 Å². The van der Waals surface area contributed by atoms with Crippen molar-refractivity contribution in [3.63, 3.8) is 0 Å². The number of hydrogen-bond acceptors (Lipinski definition) is 2. The van der Waals surface area contributed by atoms with Crippen LogP contribution < -0.4 is 5.32 Å². The summed E-state index contributed by atoms with van der Waals surface area (Å²) in [6.45, 7) is 11.5. The second-order valence-electron chi connectivity index (χ2n) is 6.42. The minimum atomic E-state index is 0.657. The van der Waals surface area contributed by atoms with Gasteiger partial charge in [0, 0.05) is 31.2 Å². The Morgan fingerprint density at radius 1 is 0.889 bits per heavy atom. The second kappa shape index (κ2) is 8.92. The first-order chi connectivity index (χ1) is 8.61. The highest BCUT2D eigenvalue weighted by Gasteiger charge is 2.14. The monoisotopic (exact) mass is 254 g/mol. The van der Waals surface area contributed by atoms with Gasteiger partial charge in [-0.15, -0.1) is 0 Å². The zero-order valence-electron chi connectivity index (χ0n) is 13.0. The zero-order valence-corrected chi connectivity index (χ0v) is 13.0. The van der Waals surface area contributed by atoms with E-state index in [1.807, 2.05) is 0 Å². The van der Waals surface area contributed by atoms with Crippen molar-refractivity contribution in [1.29, 1.82) is 0 Å². The summed E-state index contributed by atoms with van der Waals surface area (Å²) in [4.78, 5) is 2.58. The summed E-state index contributed by atoms with van der Waals surface area (Å²) in [5, 5.41) is 3.79. The van der Waals surface area contributed by atoms with E-state index in [0.717, 1.165) is 12.6 Å². The molecule has 0 aromatic rings. The Labute approximate surface area is 115 Å². The fourth-order valence-electron chi connectivity index (χ4n) is 3.17. The fraction of sp³-hybridized carbons (Fsp3) is 1.00. The highest BCUT2D eigenvalue weighted by Crippen LogP contribution is 2.17. The van der Waals surface area contributed by atoms with Crippen molar-refractivity contribution < 1.29 is 0 Å². The fourth-order valence-corrected chi connectivity index (χ4v) is 3.17. The van der Waals surface area contributed by atoms with Gasteiger partial charge in [0.15, 0.2) is 0 Å².